The van der Waals surface area contributed by atoms with Gasteiger partial charge in [-0.15, -0.1) is 0 Å². The Hall–Kier alpha value is -7.17. The molecule has 2 heterocycles. The lowest BCUT2D eigenvalue weighted by atomic mass is 9.92. The maximum Gasteiger partial charge on any atom is 0.164 e. The van der Waals surface area contributed by atoms with Gasteiger partial charge in [-0.3, -0.25) is 0 Å². The number of fused-ring (bicyclic) bond motifs is 3. The normalized spacial score (nSPS) is 13.9. The van der Waals surface area contributed by atoms with Gasteiger partial charge in [0.15, 0.2) is 17.5 Å². The predicted octanol–water partition coefficient (Wildman–Crippen LogP) is 13.3. The highest BCUT2D eigenvalue weighted by atomic mass is 15.0. The molecule has 1 unspecified atom stereocenters. The molecule has 0 saturated carbocycles. The number of allylic oxidation sites excluding steroid dienone is 4. The van der Waals surface area contributed by atoms with Crippen LogP contribution in [-0.4, -0.2) is 19.5 Å². The molecular formula is C52H38N4. The van der Waals surface area contributed by atoms with Crippen molar-refractivity contribution in [2.24, 2.45) is 5.92 Å². The summed E-state index contributed by atoms with van der Waals surface area (Å²) in [6.07, 6.45) is 8.02. The molecule has 1 atom stereocenters. The molecule has 4 heteroatoms. The molecule has 0 spiro atoms. The summed E-state index contributed by atoms with van der Waals surface area (Å²) in [6.45, 7) is 2.27. The van der Waals surface area contributed by atoms with Crippen molar-refractivity contribution >= 4 is 27.4 Å². The molecule has 0 fully saturated rings. The third-order valence-corrected chi connectivity index (χ3v) is 10.8. The molecule has 266 valence electrons. The first-order valence-corrected chi connectivity index (χ1v) is 19.3. The quantitative estimate of drug-likeness (QED) is 0.165. The number of hydrogen-bond acceptors (Lipinski definition) is 3. The van der Waals surface area contributed by atoms with E-state index < -0.39 is 0 Å². The molecule has 10 rings (SSSR count). The Bertz CT molecular complexity index is 2880. The van der Waals surface area contributed by atoms with Crippen LogP contribution >= 0.6 is 0 Å². The summed E-state index contributed by atoms with van der Waals surface area (Å²) in [4.78, 5) is 15.0. The van der Waals surface area contributed by atoms with Crippen LogP contribution in [0.3, 0.4) is 0 Å². The van der Waals surface area contributed by atoms with Gasteiger partial charge in [0.25, 0.3) is 0 Å². The minimum absolute atomic E-state index is 0.580. The van der Waals surface area contributed by atoms with Crippen molar-refractivity contribution in [1.82, 2.24) is 19.5 Å². The molecular weight excluding hydrogens is 681 g/mol. The molecule has 1 aliphatic carbocycles. The maximum atomic E-state index is 5.05. The molecule has 4 nitrogen and oxygen atoms in total. The van der Waals surface area contributed by atoms with Crippen LogP contribution in [0.25, 0.3) is 89.5 Å². The van der Waals surface area contributed by atoms with E-state index in [2.05, 4.69) is 145 Å². The highest BCUT2D eigenvalue weighted by Gasteiger charge is 2.19. The van der Waals surface area contributed by atoms with E-state index in [-0.39, 0.29) is 0 Å². The van der Waals surface area contributed by atoms with Gasteiger partial charge in [-0.1, -0.05) is 159 Å². The van der Waals surface area contributed by atoms with Crippen LogP contribution in [0.1, 0.15) is 18.9 Å². The van der Waals surface area contributed by atoms with Crippen molar-refractivity contribution in [1.29, 1.82) is 0 Å². The van der Waals surface area contributed by atoms with E-state index >= 15 is 0 Å². The van der Waals surface area contributed by atoms with Crippen molar-refractivity contribution in [3.63, 3.8) is 0 Å². The molecule has 1 aliphatic rings. The predicted molar refractivity (Wildman–Crippen MR) is 232 cm³/mol. The largest absolute Gasteiger partial charge is 0.309 e. The van der Waals surface area contributed by atoms with Crippen molar-refractivity contribution in [3.8, 4) is 62.1 Å². The molecule has 0 N–H and O–H groups in total. The van der Waals surface area contributed by atoms with E-state index in [9.17, 15) is 0 Å². The molecule has 2 aromatic heterocycles. The summed E-state index contributed by atoms with van der Waals surface area (Å²) in [6, 6.07) is 62.1. The Morgan fingerprint density at radius 3 is 1.70 bits per heavy atom. The van der Waals surface area contributed by atoms with Crippen molar-refractivity contribution < 1.29 is 0 Å². The first-order valence-electron chi connectivity index (χ1n) is 19.3. The lowest BCUT2D eigenvalue weighted by Crippen LogP contribution is -2.00. The van der Waals surface area contributed by atoms with Crippen molar-refractivity contribution in [2.75, 3.05) is 0 Å². The van der Waals surface area contributed by atoms with Crippen LogP contribution in [0.5, 0.6) is 0 Å². The lowest BCUT2D eigenvalue weighted by molar-refractivity contribution is 0.739. The third kappa shape index (κ3) is 6.21. The van der Waals surface area contributed by atoms with Gasteiger partial charge in [-0.05, 0) is 88.2 Å². The SMILES string of the molecule is CC1C=CC(c2cccc(-c3ccc4c(c3)c3c(-c5cccc(-c6nc(-c7ccccc7)nc(-c7ccccc7)n6)c5)cccc3n4-c3ccccc3)c2)=CC1. The van der Waals surface area contributed by atoms with Gasteiger partial charge >= 0.3 is 0 Å². The molecule has 0 radical (unpaired) electrons. The maximum absolute atomic E-state index is 5.05. The summed E-state index contributed by atoms with van der Waals surface area (Å²) < 4.78 is 2.39. The Labute approximate surface area is 326 Å². The molecule has 0 saturated heterocycles. The fraction of sp³-hybridized carbons (Fsp3) is 0.0577. The molecule has 0 aliphatic heterocycles. The summed E-state index contributed by atoms with van der Waals surface area (Å²) >= 11 is 0. The Morgan fingerprint density at radius 1 is 0.464 bits per heavy atom. The second-order valence-corrected chi connectivity index (χ2v) is 14.5. The van der Waals surface area contributed by atoms with Gasteiger partial charge in [-0.2, -0.15) is 0 Å². The minimum atomic E-state index is 0.580. The van der Waals surface area contributed by atoms with Gasteiger partial charge in [0.05, 0.1) is 11.0 Å². The van der Waals surface area contributed by atoms with Crippen LogP contribution in [0.2, 0.25) is 0 Å². The van der Waals surface area contributed by atoms with E-state index in [0.717, 1.165) is 45.4 Å². The average Bonchev–Trinajstić information content (AvgIpc) is 3.61. The van der Waals surface area contributed by atoms with Crippen molar-refractivity contribution in [3.05, 3.63) is 200 Å². The number of nitrogens with zero attached hydrogens (tertiary/aromatic N) is 4. The topological polar surface area (TPSA) is 43.6 Å². The molecule has 56 heavy (non-hydrogen) atoms. The van der Waals surface area contributed by atoms with Crippen molar-refractivity contribution in [2.45, 2.75) is 13.3 Å². The zero-order valence-corrected chi connectivity index (χ0v) is 31.0. The van der Waals surface area contributed by atoms with E-state index in [1.807, 2.05) is 60.7 Å². The number of benzene rings is 7. The fourth-order valence-corrected chi connectivity index (χ4v) is 7.93. The van der Waals surface area contributed by atoms with Crippen LogP contribution in [-0.2, 0) is 0 Å². The standard InChI is InChI=1S/C52H38N4/c1-35-26-28-36(29-27-35)39-18-11-19-40(32-39)41-30-31-47-46(34-41)49-45(24-13-25-48(49)56(47)44-22-9-4-10-23-44)42-20-12-21-43(33-42)52-54-50(37-14-5-2-6-15-37)53-51(55-52)38-16-7-3-8-17-38/h2-26,28-35H,27H2,1H3. The number of hydrogen-bond donors (Lipinski definition) is 0. The molecule has 0 bridgehead atoms. The van der Waals surface area contributed by atoms with E-state index in [1.54, 1.807) is 0 Å². The lowest BCUT2D eigenvalue weighted by Gasteiger charge is -2.13. The van der Waals surface area contributed by atoms with Crippen LogP contribution in [0.15, 0.2) is 194 Å². The van der Waals surface area contributed by atoms with Gasteiger partial charge in [-0.25, -0.2) is 15.0 Å². The zero-order valence-electron chi connectivity index (χ0n) is 31.0. The van der Waals surface area contributed by atoms with Crippen LogP contribution < -0.4 is 0 Å². The van der Waals surface area contributed by atoms with Gasteiger partial charge < -0.3 is 4.57 Å². The molecule has 9 aromatic rings. The highest BCUT2D eigenvalue weighted by Crippen LogP contribution is 2.41. The van der Waals surface area contributed by atoms with E-state index in [1.165, 1.54) is 38.6 Å². The molecule has 0 amide bonds. The number of rotatable bonds is 7. The second kappa shape index (κ2) is 14.2. The summed E-state index contributed by atoms with van der Waals surface area (Å²) in [7, 11) is 0. The number of aromatic nitrogens is 4. The van der Waals surface area contributed by atoms with E-state index in [4.69, 9.17) is 15.0 Å². The monoisotopic (exact) mass is 718 g/mol. The van der Waals surface area contributed by atoms with Crippen LogP contribution in [0, 0.1) is 5.92 Å². The minimum Gasteiger partial charge on any atom is -0.309 e. The Balaban J connectivity index is 1.15. The first kappa shape index (κ1) is 33.4. The third-order valence-electron chi connectivity index (χ3n) is 10.8. The van der Waals surface area contributed by atoms with Crippen LogP contribution in [0.4, 0.5) is 0 Å². The Morgan fingerprint density at radius 2 is 1.02 bits per heavy atom. The summed E-state index contributed by atoms with van der Waals surface area (Å²) in [5.74, 6) is 2.51. The summed E-state index contributed by atoms with van der Waals surface area (Å²) in [5.41, 5.74) is 13.5. The second-order valence-electron chi connectivity index (χ2n) is 14.5. The zero-order chi connectivity index (χ0) is 37.4. The number of para-hydroxylation sites is 1. The Kier molecular flexibility index (Phi) is 8.49. The first-order chi connectivity index (χ1) is 27.7. The smallest absolute Gasteiger partial charge is 0.164 e. The van der Waals surface area contributed by atoms with Gasteiger partial charge in [0.2, 0.25) is 0 Å². The fourth-order valence-electron chi connectivity index (χ4n) is 7.93. The van der Waals surface area contributed by atoms with Gasteiger partial charge in [0.1, 0.15) is 0 Å². The van der Waals surface area contributed by atoms with Gasteiger partial charge in [0, 0.05) is 33.2 Å². The van der Waals surface area contributed by atoms with E-state index in [0.29, 0.717) is 23.4 Å². The highest BCUT2D eigenvalue weighted by molar-refractivity contribution is 6.16. The molecule has 7 aromatic carbocycles. The summed E-state index contributed by atoms with van der Waals surface area (Å²) in [5, 5.41) is 2.41. The average molecular weight is 719 g/mol.